The van der Waals surface area contributed by atoms with Gasteiger partial charge in [-0.2, -0.15) is 4.39 Å². The zero-order valence-corrected chi connectivity index (χ0v) is 7.48. The number of aliphatic hydroxyl groups excluding tert-OH is 1. The third kappa shape index (κ3) is 1.82. The van der Waals surface area contributed by atoms with Gasteiger partial charge in [0.1, 0.15) is 0 Å². The predicted octanol–water partition coefficient (Wildman–Crippen LogP) is 1.65. The van der Waals surface area contributed by atoms with Crippen molar-refractivity contribution in [2.75, 3.05) is 13.7 Å². The smallest absolute Gasteiger partial charge is 0.203 e. The Balaban J connectivity index is 3.28. The molecule has 0 aliphatic heterocycles. The Morgan fingerprint density at radius 2 is 1.93 bits per heavy atom. The van der Waals surface area contributed by atoms with Crippen LogP contribution in [-0.4, -0.2) is 18.8 Å². The number of benzene rings is 1. The van der Waals surface area contributed by atoms with Gasteiger partial charge in [0.2, 0.25) is 5.82 Å². The van der Waals surface area contributed by atoms with Crippen molar-refractivity contribution in [3.05, 3.63) is 29.1 Å². The van der Waals surface area contributed by atoms with E-state index in [9.17, 15) is 13.2 Å². The molecule has 14 heavy (non-hydrogen) atoms. The van der Waals surface area contributed by atoms with Crippen LogP contribution in [0.4, 0.5) is 13.2 Å². The van der Waals surface area contributed by atoms with Crippen LogP contribution in [0.25, 0.3) is 0 Å². The Labute approximate surface area is 78.9 Å². The molecule has 0 fully saturated rings. The van der Waals surface area contributed by atoms with E-state index in [0.717, 1.165) is 13.2 Å². The van der Waals surface area contributed by atoms with Gasteiger partial charge in [-0.05, 0) is 12.5 Å². The first-order valence-electron chi connectivity index (χ1n) is 3.93. The molecular weight excluding hydrogens is 197 g/mol. The maximum atomic E-state index is 13.0. The second-order valence-electron chi connectivity index (χ2n) is 2.65. The summed E-state index contributed by atoms with van der Waals surface area (Å²) in [6.07, 6.45) is 0.0112. The normalized spacial score (nSPS) is 10.4. The molecule has 0 aliphatic rings. The van der Waals surface area contributed by atoms with Crippen molar-refractivity contribution in [3.63, 3.8) is 0 Å². The highest BCUT2D eigenvalue weighted by atomic mass is 19.2. The number of hydrogen-bond donors (Lipinski definition) is 1. The predicted molar refractivity (Wildman–Crippen MR) is 43.7 cm³/mol. The van der Waals surface area contributed by atoms with Gasteiger partial charge < -0.3 is 9.84 Å². The van der Waals surface area contributed by atoms with Crippen LogP contribution in [0.5, 0.6) is 5.75 Å². The third-order valence-corrected chi connectivity index (χ3v) is 1.78. The Morgan fingerprint density at radius 1 is 1.29 bits per heavy atom. The monoisotopic (exact) mass is 206 g/mol. The van der Waals surface area contributed by atoms with Crippen molar-refractivity contribution in [2.24, 2.45) is 0 Å². The second kappa shape index (κ2) is 4.32. The Morgan fingerprint density at radius 3 is 2.43 bits per heavy atom. The first kappa shape index (κ1) is 10.8. The van der Waals surface area contributed by atoms with Gasteiger partial charge in [-0.25, -0.2) is 8.78 Å². The van der Waals surface area contributed by atoms with Gasteiger partial charge in [0.15, 0.2) is 17.4 Å². The van der Waals surface area contributed by atoms with Gasteiger partial charge in [-0.15, -0.1) is 0 Å². The summed E-state index contributed by atoms with van der Waals surface area (Å²) in [7, 11) is 1.15. The number of rotatable bonds is 3. The lowest BCUT2D eigenvalue weighted by Crippen LogP contribution is -2.03. The standard InChI is InChI=1S/C9H9F3O2/c1-14-9-5(2-3-13)4-6(10)7(11)8(9)12/h4,13H,2-3H2,1H3. The SMILES string of the molecule is COc1c(CCO)cc(F)c(F)c1F. The number of hydrogen-bond acceptors (Lipinski definition) is 2. The number of methoxy groups -OCH3 is 1. The van der Waals surface area contributed by atoms with E-state index < -0.39 is 17.5 Å². The lowest BCUT2D eigenvalue weighted by atomic mass is 10.1. The molecule has 0 aliphatic carbocycles. The van der Waals surface area contributed by atoms with E-state index in [0.29, 0.717) is 0 Å². The van der Waals surface area contributed by atoms with Crippen LogP contribution in [-0.2, 0) is 6.42 Å². The first-order valence-corrected chi connectivity index (χ1v) is 3.93. The molecule has 0 spiro atoms. The number of aliphatic hydroxyl groups is 1. The van der Waals surface area contributed by atoms with Gasteiger partial charge in [0.05, 0.1) is 7.11 Å². The molecule has 1 aromatic carbocycles. The summed E-state index contributed by atoms with van der Waals surface area (Å²) < 4.78 is 43.0. The summed E-state index contributed by atoms with van der Waals surface area (Å²) in [4.78, 5) is 0. The number of ether oxygens (including phenoxy) is 1. The molecule has 0 aromatic heterocycles. The molecule has 0 atom stereocenters. The van der Waals surface area contributed by atoms with Crippen molar-refractivity contribution >= 4 is 0 Å². The van der Waals surface area contributed by atoms with Crippen LogP contribution >= 0.6 is 0 Å². The molecular formula is C9H9F3O2. The minimum Gasteiger partial charge on any atom is -0.493 e. The van der Waals surface area contributed by atoms with Gasteiger partial charge in [0.25, 0.3) is 0 Å². The van der Waals surface area contributed by atoms with E-state index in [1.54, 1.807) is 0 Å². The molecule has 1 N–H and O–H groups in total. The van der Waals surface area contributed by atoms with E-state index >= 15 is 0 Å². The minimum atomic E-state index is -1.57. The molecule has 2 nitrogen and oxygen atoms in total. The molecule has 0 radical (unpaired) electrons. The fraction of sp³-hybridized carbons (Fsp3) is 0.333. The Hall–Kier alpha value is -1.23. The van der Waals surface area contributed by atoms with Gasteiger partial charge in [-0.1, -0.05) is 0 Å². The van der Waals surface area contributed by atoms with Crippen LogP contribution in [0.3, 0.4) is 0 Å². The summed E-state index contributed by atoms with van der Waals surface area (Å²) >= 11 is 0. The van der Waals surface area contributed by atoms with Crippen molar-refractivity contribution in [1.82, 2.24) is 0 Å². The maximum absolute atomic E-state index is 13.0. The highest BCUT2D eigenvalue weighted by Crippen LogP contribution is 2.27. The summed E-state index contributed by atoms with van der Waals surface area (Å²) in [5, 5.41) is 8.60. The molecule has 0 saturated carbocycles. The molecule has 0 saturated heterocycles. The van der Waals surface area contributed by atoms with E-state index in [4.69, 9.17) is 5.11 Å². The summed E-state index contributed by atoms with van der Waals surface area (Å²) in [6, 6.07) is 0.813. The van der Waals surface area contributed by atoms with Crippen molar-refractivity contribution in [1.29, 1.82) is 0 Å². The van der Waals surface area contributed by atoms with Crippen LogP contribution in [0.2, 0.25) is 0 Å². The molecule has 1 rings (SSSR count). The van der Waals surface area contributed by atoms with Crippen LogP contribution < -0.4 is 4.74 Å². The fourth-order valence-electron chi connectivity index (χ4n) is 1.15. The first-order chi connectivity index (χ1) is 6.61. The molecule has 0 heterocycles. The average molecular weight is 206 g/mol. The maximum Gasteiger partial charge on any atom is 0.203 e. The summed E-state index contributed by atoms with van der Waals surface area (Å²) in [5.74, 6) is -4.58. The van der Waals surface area contributed by atoms with E-state index in [1.165, 1.54) is 0 Å². The van der Waals surface area contributed by atoms with Gasteiger partial charge >= 0.3 is 0 Å². The van der Waals surface area contributed by atoms with Crippen molar-refractivity contribution in [3.8, 4) is 5.75 Å². The van der Waals surface area contributed by atoms with E-state index in [-0.39, 0.29) is 24.3 Å². The molecule has 5 heteroatoms. The largest absolute Gasteiger partial charge is 0.493 e. The fourth-order valence-corrected chi connectivity index (χ4v) is 1.15. The van der Waals surface area contributed by atoms with Crippen LogP contribution in [0.1, 0.15) is 5.56 Å². The quantitative estimate of drug-likeness (QED) is 0.762. The molecule has 0 unspecified atom stereocenters. The van der Waals surface area contributed by atoms with Crippen LogP contribution in [0.15, 0.2) is 6.07 Å². The van der Waals surface area contributed by atoms with E-state index in [2.05, 4.69) is 4.74 Å². The summed E-state index contributed by atoms with van der Waals surface area (Å²) in [6.45, 7) is -0.291. The zero-order chi connectivity index (χ0) is 10.7. The zero-order valence-electron chi connectivity index (χ0n) is 7.48. The Bertz CT molecular complexity index is 339. The number of halogens is 3. The molecule has 78 valence electrons. The third-order valence-electron chi connectivity index (χ3n) is 1.78. The molecule has 0 bridgehead atoms. The Kier molecular flexibility index (Phi) is 3.35. The highest BCUT2D eigenvalue weighted by Gasteiger charge is 2.18. The minimum absolute atomic E-state index is 0.0112. The topological polar surface area (TPSA) is 29.5 Å². The van der Waals surface area contributed by atoms with Crippen molar-refractivity contribution in [2.45, 2.75) is 6.42 Å². The van der Waals surface area contributed by atoms with Gasteiger partial charge in [-0.3, -0.25) is 0 Å². The summed E-state index contributed by atoms with van der Waals surface area (Å²) in [5.41, 5.74) is 0.103. The lowest BCUT2D eigenvalue weighted by molar-refractivity contribution is 0.293. The van der Waals surface area contributed by atoms with Crippen molar-refractivity contribution < 1.29 is 23.0 Å². The van der Waals surface area contributed by atoms with Crippen LogP contribution in [0, 0.1) is 17.5 Å². The highest BCUT2D eigenvalue weighted by molar-refractivity contribution is 5.36. The second-order valence-corrected chi connectivity index (χ2v) is 2.65. The molecule has 0 amide bonds. The lowest BCUT2D eigenvalue weighted by Gasteiger charge is -2.09. The average Bonchev–Trinajstić information content (AvgIpc) is 2.16. The van der Waals surface area contributed by atoms with Gasteiger partial charge in [0, 0.05) is 12.2 Å². The van der Waals surface area contributed by atoms with E-state index in [1.807, 2.05) is 0 Å². The molecule has 1 aromatic rings.